The van der Waals surface area contributed by atoms with Crippen LogP contribution in [0.1, 0.15) is 116 Å². The lowest BCUT2D eigenvalue weighted by atomic mass is 9.78. The number of benzene rings is 9. The first kappa shape index (κ1) is 51.6. The molecule has 0 bridgehead atoms. The van der Waals surface area contributed by atoms with Gasteiger partial charge in [-0.3, -0.25) is 0 Å². The number of nitrogens with zero attached hydrogens (tertiary/aromatic N) is 2. The van der Waals surface area contributed by atoms with Crippen molar-refractivity contribution < 1.29 is 26.3 Å². The van der Waals surface area contributed by atoms with Crippen LogP contribution in [0.15, 0.2) is 158 Å². The van der Waals surface area contributed by atoms with E-state index in [-0.39, 0.29) is 21.7 Å². The Labute approximate surface area is 462 Å². The lowest BCUT2D eigenvalue weighted by Crippen LogP contribution is -2.16. The highest BCUT2D eigenvalue weighted by atomic mass is 19.4. The SMILES string of the molecule is CC(C)(C)c1cc(-c2cccc3c4c5c6cc(-c7cccc(C(F)(F)F)c7)ccc6n6c7c(-c8cc(C(C)(C)C)cc(C(C)(C)C)c8)cccc7c(c7c8cc(-c9cccc(C(F)(F)F)c9)ccc8n(c23)c74)c56)cc(C(C)(C)C)c1. The third-order valence-electron chi connectivity index (χ3n) is 17.0. The van der Waals surface area contributed by atoms with Crippen molar-refractivity contribution in [3.05, 3.63) is 191 Å². The molecule has 9 aromatic carbocycles. The summed E-state index contributed by atoms with van der Waals surface area (Å²) in [4.78, 5) is 0. The molecule has 402 valence electrons. The maximum atomic E-state index is 14.4. The second kappa shape index (κ2) is 16.9. The molecular formula is C72H62F6N2. The van der Waals surface area contributed by atoms with Crippen molar-refractivity contribution in [2.75, 3.05) is 0 Å². The molecule has 4 heterocycles. The normalized spacial score (nSPS) is 13.6. The lowest BCUT2D eigenvalue weighted by molar-refractivity contribution is -0.138. The number of hydrogen-bond donors (Lipinski definition) is 0. The van der Waals surface area contributed by atoms with Gasteiger partial charge in [0.15, 0.2) is 0 Å². The summed E-state index contributed by atoms with van der Waals surface area (Å²) in [6, 6.07) is 50.3. The van der Waals surface area contributed by atoms with E-state index in [1.807, 2.05) is 12.1 Å². The molecule has 0 radical (unpaired) electrons. The molecule has 13 aromatic rings. The minimum absolute atomic E-state index is 0.171. The average Bonchev–Trinajstić information content (AvgIpc) is 4.24. The van der Waals surface area contributed by atoms with E-state index in [0.717, 1.165) is 111 Å². The fourth-order valence-corrected chi connectivity index (χ4v) is 12.6. The molecule has 0 aliphatic heterocycles. The summed E-state index contributed by atoms with van der Waals surface area (Å²) in [6.45, 7) is 26.9. The second-order valence-electron chi connectivity index (χ2n) is 26.5. The maximum absolute atomic E-state index is 14.4. The van der Waals surface area contributed by atoms with Crippen molar-refractivity contribution >= 4 is 76.2 Å². The van der Waals surface area contributed by atoms with Crippen molar-refractivity contribution in [1.29, 1.82) is 0 Å². The predicted molar refractivity (Wildman–Crippen MR) is 322 cm³/mol. The average molecular weight is 1070 g/mol. The van der Waals surface area contributed by atoms with Crippen LogP contribution >= 0.6 is 0 Å². The number of hydrogen-bond acceptors (Lipinski definition) is 0. The topological polar surface area (TPSA) is 8.82 Å². The minimum atomic E-state index is -4.53. The van der Waals surface area contributed by atoms with Gasteiger partial charge in [-0.1, -0.05) is 192 Å². The van der Waals surface area contributed by atoms with Crippen LogP contribution in [-0.2, 0) is 34.0 Å². The van der Waals surface area contributed by atoms with Crippen LogP contribution in [0.4, 0.5) is 26.3 Å². The van der Waals surface area contributed by atoms with Gasteiger partial charge in [0.1, 0.15) is 0 Å². The van der Waals surface area contributed by atoms with E-state index in [0.29, 0.717) is 22.3 Å². The zero-order valence-corrected chi connectivity index (χ0v) is 47.2. The number of para-hydroxylation sites is 2. The van der Waals surface area contributed by atoms with Crippen LogP contribution in [-0.4, -0.2) is 8.80 Å². The van der Waals surface area contributed by atoms with Gasteiger partial charge in [0.05, 0.1) is 44.2 Å². The number of rotatable bonds is 4. The van der Waals surface area contributed by atoms with E-state index in [1.54, 1.807) is 12.1 Å². The van der Waals surface area contributed by atoms with E-state index in [1.165, 1.54) is 46.5 Å². The lowest BCUT2D eigenvalue weighted by Gasteiger charge is -2.26. The first-order valence-corrected chi connectivity index (χ1v) is 27.5. The molecule has 0 saturated heterocycles. The highest BCUT2D eigenvalue weighted by Crippen LogP contribution is 2.55. The van der Waals surface area contributed by atoms with Crippen LogP contribution in [0.5, 0.6) is 0 Å². The first-order valence-electron chi connectivity index (χ1n) is 27.5. The highest BCUT2D eigenvalue weighted by molar-refractivity contribution is 6.46. The van der Waals surface area contributed by atoms with Crippen LogP contribution in [0, 0.1) is 0 Å². The molecule has 2 nitrogen and oxygen atoms in total. The molecule has 13 rings (SSSR count). The molecule has 0 N–H and O–H groups in total. The molecule has 0 aliphatic rings. The number of aromatic nitrogens is 2. The molecule has 0 unspecified atom stereocenters. The van der Waals surface area contributed by atoms with Gasteiger partial charge in [-0.25, -0.2) is 0 Å². The Bertz CT molecular complexity index is 4340. The highest BCUT2D eigenvalue weighted by Gasteiger charge is 2.35. The molecule has 0 amide bonds. The second-order valence-corrected chi connectivity index (χ2v) is 26.5. The molecule has 0 spiro atoms. The van der Waals surface area contributed by atoms with Gasteiger partial charge in [0.2, 0.25) is 0 Å². The summed E-state index contributed by atoms with van der Waals surface area (Å²) in [5, 5.41) is 7.79. The molecule has 80 heavy (non-hydrogen) atoms. The van der Waals surface area contributed by atoms with E-state index in [2.05, 4.69) is 189 Å². The Hall–Kier alpha value is -7.84. The third-order valence-corrected chi connectivity index (χ3v) is 17.0. The molecule has 0 atom stereocenters. The number of halogens is 6. The smallest absolute Gasteiger partial charge is 0.307 e. The summed E-state index contributed by atoms with van der Waals surface area (Å²) < 4.78 is 91.4. The van der Waals surface area contributed by atoms with Crippen LogP contribution in [0.25, 0.3) is 121 Å². The van der Waals surface area contributed by atoms with Crippen molar-refractivity contribution in [2.24, 2.45) is 0 Å². The van der Waals surface area contributed by atoms with E-state index < -0.39 is 23.5 Å². The number of alkyl halides is 6. The molecule has 0 saturated carbocycles. The minimum Gasteiger partial charge on any atom is -0.307 e. The van der Waals surface area contributed by atoms with Gasteiger partial charge in [0, 0.05) is 54.2 Å². The molecule has 0 fully saturated rings. The van der Waals surface area contributed by atoms with Gasteiger partial charge in [-0.15, -0.1) is 0 Å². The molecule has 0 aliphatic carbocycles. The maximum Gasteiger partial charge on any atom is 0.416 e. The molecular weight excluding hydrogens is 1010 g/mol. The largest absolute Gasteiger partial charge is 0.416 e. The third kappa shape index (κ3) is 7.90. The standard InChI is InChI=1S/C72H62F6N2/c1-67(2,3)47-31-43(32-48(37-47)68(4,5)6)51-21-15-23-53-59-61-56-36-42(40-18-14-20-46(30-40)72(76,77)78)26-28-58(56)80-64-52(44-33-49(69(7,8)9)38-50(34-44)70(10,11)12)22-16-24-54(64)60(66(61)80)62-55-35-41(25-27-57(55)79(63(51)53)65(59)62)39-17-13-19-45(29-39)71(73,74)75/h13-38H,1-12H3. The van der Waals surface area contributed by atoms with E-state index in [9.17, 15) is 26.3 Å². The Balaban J connectivity index is 1.27. The van der Waals surface area contributed by atoms with Gasteiger partial charge < -0.3 is 8.80 Å². The first-order chi connectivity index (χ1) is 37.5. The summed E-state index contributed by atoms with van der Waals surface area (Å²) in [7, 11) is 0. The fourth-order valence-electron chi connectivity index (χ4n) is 12.6. The molecule has 8 heteroatoms. The zero-order chi connectivity index (χ0) is 56.7. The predicted octanol–water partition coefficient (Wildman–Crippen LogP) is 21.9. The van der Waals surface area contributed by atoms with Gasteiger partial charge in [-0.05, 0) is 126 Å². The molecule has 4 aromatic heterocycles. The van der Waals surface area contributed by atoms with Gasteiger partial charge in [-0.2, -0.15) is 26.3 Å². The quantitative estimate of drug-likeness (QED) is 0.155. The van der Waals surface area contributed by atoms with Crippen LogP contribution in [0.2, 0.25) is 0 Å². The monoisotopic (exact) mass is 1070 g/mol. The van der Waals surface area contributed by atoms with Gasteiger partial charge in [0.25, 0.3) is 0 Å². The summed E-state index contributed by atoms with van der Waals surface area (Å²) in [5.74, 6) is 0. The van der Waals surface area contributed by atoms with Crippen LogP contribution < -0.4 is 0 Å². The summed E-state index contributed by atoms with van der Waals surface area (Å²) >= 11 is 0. The van der Waals surface area contributed by atoms with E-state index in [4.69, 9.17) is 0 Å². The van der Waals surface area contributed by atoms with Crippen molar-refractivity contribution in [2.45, 2.75) is 117 Å². The Morgan fingerprint density at radius 3 is 0.887 bits per heavy atom. The zero-order valence-electron chi connectivity index (χ0n) is 47.2. The number of fused-ring (bicyclic) bond motifs is 14. The van der Waals surface area contributed by atoms with Gasteiger partial charge >= 0.3 is 12.4 Å². The Morgan fingerprint density at radius 1 is 0.263 bits per heavy atom. The van der Waals surface area contributed by atoms with Crippen LogP contribution in [0.3, 0.4) is 0 Å². The summed E-state index contributed by atoms with van der Waals surface area (Å²) in [5.41, 5.74) is 14.9. The van der Waals surface area contributed by atoms with E-state index >= 15 is 0 Å². The van der Waals surface area contributed by atoms with Crippen molar-refractivity contribution in [1.82, 2.24) is 8.80 Å². The van der Waals surface area contributed by atoms with Crippen molar-refractivity contribution in [3.63, 3.8) is 0 Å². The van der Waals surface area contributed by atoms with Crippen molar-refractivity contribution in [3.8, 4) is 44.5 Å². The Morgan fingerprint density at radius 2 is 0.562 bits per heavy atom. The summed E-state index contributed by atoms with van der Waals surface area (Å²) in [6.07, 6.45) is -9.06. The Kier molecular flexibility index (Phi) is 10.9. The fraction of sp³-hybridized carbons (Fsp3) is 0.250.